The molecular formula is C25H22NO4P. The number of nitrogens with one attached hydrogen (secondary N) is 1. The van der Waals surface area contributed by atoms with Crippen molar-refractivity contribution in [3.8, 4) is 11.5 Å². The van der Waals surface area contributed by atoms with Crippen molar-refractivity contribution >= 4 is 40.3 Å². The van der Waals surface area contributed by atoms with Gasteiger partial charge < -0.3 is 0 Å². The molecule has 0 saturated carbocycles. The molecule has 0 aliphatic carbocycles. The van der Waals surface area contributed by atoms with Gasteiger partial charge in [0.25, 0.3) is 0 Å². The molecule has 1 atom stereocenters. The third kappa shape index (κ3) is 2.42. The van der Waals surface area contributed by atoms with Gasteiger partial charge in [-0.05, 0) is 0 Å². The molecule has 6 heteroatoms. The summed E-state index contributed by atoms with van der Waals surface area (Å²) in [6.07, 6.45) is 0. The zero-order valence-electron chi connectivity index (χ0n) is 17.2. The van der Waals surface area contributed by atoms with Crippen LogP contribution in [0.2, 0.25) is 0 Å². The van der Waals surface area contributed by atoms with E-state index in [1.54, 1.807) is 0 Å². The minimum atomic E-state index is -4.23. The van der Waals surface area contributed by atoms with Gasteiger partial charge in [0.2, 0.25) is 0 Å². The van der Waals surface area contributed by atoms with E-state index in [4.69, 9.17) is 13.6 Å². The fourth-order valence-corrected chi connectivity index (χ4v) is 8.35. The van der Waals surface area contributed by atoms with Gasteiger partial charge in [-0.25, -0.2) is 0 Å². The van der Waals surface area contributed by atoms with E-state index in [0.717, 1.165) is 21.5 Å². The molecule has 31 heavy (non-hydrogen) atoms. The van der Waals surface area contributed by atoms with Crippen molar-refractivity contribution in [2.45, 2.75) is 19.9 Å². The summed E-state index contributed by atoms with van der Waals surface area (Å²) in [5, 5.41) is 8.13. The standard InChI is InChI=1S/C25H22NO4P/c1-16(2)22-25(27)30-31(26-22,17-10-4-3-5-11-17)28-23-20-14-8-6-12-18(20)19-13-7-9-15-21(19)24(23)29-31/h3-16,22,26H,1-2H3/t22-/m0/s1. The number of hydrogen-bond acceptors (Lipinski definition) is 5. The Hall–Kier alpha value is -3.14. The number of benzene rings is 4. The van der Waals surface area contributed by atoms with Gasteiger partial charge in [0.15, 0.2) is 0 Å². The fraction of sp³-hybridized carbons (Fsp3) is 0.160. The fourth-order valence-electron chi connectivity index (χ4n) is 4.58. The Morgan fingerprint density at radius 1 is 0.710 bits per heavy atom. The summed E-state index contributed by atoms with van der Waals surface area (Å²) in [5.74, 6) is 0.890. The van der Waals surface area contributed by atoms with Crippen LogP contribution in [0.5, 0.6) is 11.5 Å². The van der Waals surface area contributed by atoms with Crippen LogP contribution in [0, 0.1) is 5.92 Å². The third-order valence-corrected chi connectivity index (χ3v) is 9.55. The second-order valence-electron chi connectivity index (χ2n) is 8.41. The van der Waals surface area contributed by atoms with Crippen molar-refractivity contribution in [2.75, 3.05) is 0 Å². The van der Waals surface area contributed by atoms with Crippen LogP contribution in [0.25, 0.3) is 21.5 Å². The van der Waals surface area contributed by atoms with Crippen LogP contribution in [0.3, 0.4) is 0 Å². The molecule has 4 aromatic carbocycles. The van der Waals surface area contributed by atoms with Crippen LogP contribution < -0.4 is 19.4 Å². The Kier molecular flexibility index (Phi) is 3.72. The molecule has 0 unspecified atom stereocenters. The van der Waals surface area contributed by atoms with Crippen LogP contribution in [-0.4, -0.2) is 12.0 Å². The first-order chi connectivity index (χ1) is 15.0. The van der Waals surface area contributed by atoms with Crippen LogP contribution in [-0.2, 0) is 9.32 Å². The molecule has 2 heterocycles. The second-order valence-corrected chi connectivity index (χ2v) is 11.5. The van der Waals surface area contributed by atoms with Crippen molar-refractivity contribution in [2.24, 2.45) is 5.92 Å². The number of fused-ring (bicyclic) bond motifs is 6. The first-order valence-electron chi connectivity index (χ1n) is 10.4. The summed E-state index contributed by atoms with van der Waals surface area (Å²) in [6, 6.07) is 25.2. The van der Waals surface area contributed by atoms with E-state index in [1.165, 1.54) is 0 Å². The second kappa shape index (κ2) is 6.19. The number of carbonyl (C=O) groups is 1. The van der Waals surface area contributed by atoms with Crippen LogP contribution >= 0.6 is 7.43 Å². The van der Waals surface area contributed by atoms with Crippen LogP contribution in [0.1, 0.15) is 13.8 Å². The summed E-state index contributed by atoms with van der Waals surface area (Å²) in [7, 11) is -4.23. The van der Waals surface area contributed by atoms with E-state index in [-0.39, 0.29) is 11.9 Å². The van der Waals surface area contributed by atoms with Gasteiger partial charge in [0, 0.05) is 0 Å². The summed E-state index contributed by atoms with van der Waals surface area (Å²) < 4.78 is 19.7. The van der Waals surface area contributed by atoms with Crippen molar-refractivity contribution in [1.82, 2.24) is 5.09 Å². The normalized spacial score (nSPS) is 22.0. The minimum absolute atomic E-state index is 0.0158. The maximum atomic E-state index is 13.0. The Bertz CT molecular complexity index is 1300. The van der Waals surface area contributed by atoms with Gasteiger partial charge >= 0.3 is 180 Å². The predicted octanol–water partition coefficient (Wildman–Crippen LogP) is 5.47. The van der Waals surface area contributed by atoms with Crippen molar-refractivity contribution in [1.29, 1.82) is 0 Å². The average Bonchev–Trinajstić information content (AvgIpc) is 3.31. The monoisotopic (exact) mass is 431 g/mol. The van der Waals surface area contributed by atoms with Gasteiger partial charge in [-0.15, -0.1) is 0 Å². The van der Waals surface area contributed by atoms with Gasteiger partial charge in [-0.1, -0.05) is 0 Å². The number of rotatable bonds is 2. The SMILES string of the molecule is CC(C)[C@@H]1NP2(c3ccccc3)(OC1=O)Oc1c(c3ccccc3c3ccccc13)O2. The van der Waals surface area contributed by atoms with E-state index >= 15 is 0 Å². The van der Waals surface area contributed by atoms with E-state index in [0.29, 0.717) is 16.8 Å². The Morgan fingerprint density at radius 2 is 1.19 bits per heavy atom. The summed E-state index contributed by atoms with van der Waals surface area (Å²) >= 11 is 0. The van der Waals surface area contributed by atoms with Crippen LogP contribution in [0.15, 0.2) is 78.9 Å². The molecule has 5 nitrogen and oxygen atoms in total. The molecule has 2 aliphatic heterocycles. The van der Waals surface area contributed by atoms with Gasteiger partial charge in [-0.3, -0.25) is 0 Å². The molecular weight excluding hydrogens is 409 g/mol. The molecule has 0 bridgehead atoms. The third-order valence-electron chi connectivity index (χ3n) is 6.09. The summed E-state index contributed by atoms with van der Waals surface area (Å²) in [4.78, 5) is 13.0. The first kappa shape index (κ1) is 18.6. The Morgan fingerprint density at radius 3 is 1.68 bits per heavy atom. The van der Waals surface area contributed by atoms with Crippen LogP contribution in [0.4, 0.5) is 0 Å². The van der Waals surface area contributed by atoms with Gasteiger partial charge in [0.05, 0.1) is 0 Å². The zero-order valence-corrected chi connectivity index (χ0v) is 18.1. The van der Waals surface area contributed by atoms with Gasteiger partial charge in [-0.2, -0.15) is 0 Å². The van der Waals surface area contributed by atoms with E-state index < -0.39 is 13.5 Å². The van der Waals surface area contributed by atoms with Crippen molar-refractivity contribution in [3.05, 3.63) is 78.9 Å². The topological polar surface area (TPSA) is 56.8 Å². The molecule has 1 fully saturated rings. The average molecular weight is 431 g/mol. The Balaban J connectivity index is 1.68. The molecule has 4 aromatic rings. The van der Waals surface area contributed by atoms with Gasteiger partial charge in [0.1, 0.15) is 0 Å². The van der Waals surface area contributed by atoms with E-state index in [2.05, 4.69) is 17.2 Å². The number of carbonyl (C=O) groups excluding carboxylic acids is 1. The molecule has 0 amide bonds. The zero-order chi connectivity index (χ0) is 21.2. The van der Waals surface area contributed by atoms with E-state index in [1.807, 2.05) is 80.6 Å². The maximum absolute atomic E-state index is 13.0. The first-order valence-corrected chi connectivity index (χ1v) is 12.4. The van der Waals surface area contributed by atoms with Crippen molar-refractivity contribution < 1.29 is 18.4 Å². The van der Waals surface area contributed by atoms with E-state index in [9.17, 15) is 4.79 Å². The summed E-state index contributed by atoms with van der Waals surface area (Å²) in [5.41, 5.74) is 0. The molecule has 1 N–H and O–H groups in total. The van der Waals surface area contributed by atoms with Crippen molar-refractivity contribution in [3.63, 3.8) is 0 Å². The summed E-state index contributed by atoms with van der Waals surface area (Å²) in [6.45, 7) is 3.97. The molecule has 1 saturated heterocycles. The number of hydrogen-bond donors (Lipinski definition) is 1. The molecule has 2 aliphatic rings. The Labute approximate surface area is 180 Å². The molecule has 1 spiro atoms. The molecule has 0 aromatic heterocycles. The predicted molar refractivity (Wildman–Crippen MR) is 124 cm³/mol. The molecule has 156 valence electrons. The molecule has 6 rings (SSSR count). The molecule has 0 radical (unpaired) electrons. The quantitative estimate of drug-likeness (QED) is 0.337.